The molecule has 3 N–H and O–H groups in total. The highest BCUT2D eigenvalue weighted by Crippen LogP contribution is 2.18. The Morgan fingerprint density at radius 1 is 1.19 bits per heavy atom. The zero-order chi connectivity index (χ0) is 15.5. The van der Waals surface area contributed by atoms with Crippen LogP contribution in [0.1, 0.15) is 18.4 Å². The number of sulfonamides is 1. The van der Waals surface area contributed by atoms with Crippen molar-refractivity contribution in [3.05, 3.63) is 59.9 Å². The summed E-state index contributed by atoms with van der Waals surface area (Å²) in [6.07, 6.45) is 0. The minimum atomic E-state index is -3.75. The molecule has 21 heavy (non-hydrogen) atoms. The predicted octanol–water partition coefficient (Wildman–Crippen LogP) is 2.49. The number of halogens is 1. The van der Waals surface area contributed by atoms with Gasteiger partial charge in [-0.1, -0.05) is 37.3 Å². The topological polar surface area (TPSA) is 72.2 Å². The average Bonchev–Trinajstić information content (AvgIpc) is 2.48. The van der Waals surface area contributed by atoms with Gasteiger partial charge in [-0.2, -0.15) is 0 Å². The molecule has 0 aromatic heterocycles. The largest absolute Gasteiger partial charge is 0.396 e. The maximum atomic E-state index is 13.4. The van der Waals surface area contributed by atoms with Crippen LogP contribution in [0.4, 0.5) is 10.1 Å². The van der Waals surface area contributed by atoms with Gasteiger partial charge in [0.05, 0.1) is 10.6 Å². The Morgan fingerprint density at radius 2 is 1.86 bits per heavy atom. The van der Waals surface area contributed by atoms with Gasteiger partial charge in [-0.25, -0.2) is 17.5 Å². The molecular formula is C15H17FN2O2S. The molecule has 4 nitrogen and oxygen atoms in total. The van der Waals surface area contributed by atoms with E-state index in [-0.39, 0.29) is 23.0 Å². The number of nitrogens with two attached hydrogens (primary N) is 1. The van der Waals surface area contributed by atoms with Crippen molar-refractivity contribution in [3.8, 4) is 0 Å². The molecule has 2 rings (SSSR count). The van der Waals surface area contributed by atoms with Crippen LogP contribution >= 0.6 is 0 Å². The number of anilines is 1. The average molecular weight is 308 g/mol. The molecule has 0 aliphatic carbocycles. The second-order valence-electron chi connectivity index (χ2n) is 4.85. The first-order chi connectivity index (χ1) is 9.90. The quantitative estimate of drug-likeness (QED) is 0.834. The Morgan fingerprint density at radius 3 is 2.48 bits per heavy atom. The molecule has 0 aliphatic rings. The van der Waals surface area contributed by atoms with Crippen LogP contribution in [0.25, 0.3) is 0 Å². The van der Waals surface area contributed by atoms with Gasteiger partial charge in [0.2, 0.25) is 10.0 Å². The van der Waals surface area contributed by atoms with Crippen molar-refractivity contribution in [2.75, 3.05) is 12.3 Å². The minimum Gasteiger partial charge on any atom is -0.396 e. The van der Waals surface area contributed by atoms with Gasteiger partial charge in [0.25, 0.3) is 0 Å². The van der Waals surface area contributed by atoms with E-state index in [1.54, 1.807) is 0 Å². The summed E-state index contributed by atoms with van der Waals surface area (Å²) in [5.41, 5.74) is 6.29. The third-order valence-corrected chi connectivity index (χ3v) is 4.65. The summed E-state index contributed by atoms with van der Waals surface area (Å²) in [7, 11) is -3.75. The molecule has 0 aliphatic heterocycles. The fourth-order valence-corrected chi connectivity index (χ4v) is 3.03. The van der Waals surface area contributed by atoms with Crippen LogP contribution in [-0.2, 0) is 10.0 Å². The molecule has 0 spiro atoms. The van der Waals surface area contributed by atoms with Crippen LogP contribution in [0, 0.1) is 5.82 Å². The second-order valence-corrected chi connectivity index (χ2v) is 6.61. The van der Waals surface area contributed by atoms with E-state index >= 15 is 0 Å². The molecule has 0 amide bonds. The summed E-state index contributed by atoms with van der Waals surface area (Å²) in [5.74, 6) is -0.728. The molecule has 0 heterocycles. The summed E-state index contributed by atoms with van der Waals surface area (Å²) in [6.45, 7) is 2.15. The molecule has 6 heteroatoms. The maximum Gasteiger partial charge on any atom is 0.240 e. The zero-order valence-electron chi connectivity index (χ0n) is 11.6. The monoisotopic (exact) mass is 308 g/mol. The van der Waals surface area contributed by atoms with Gasteiger partial charge in [0, 0.05) is 6.54 Å². The Balaban J connectivity index is 2.09. The summed E-state index contributed by atoms with van der Waals surface area (Å²) in [6, 6.07) is 13.0. The first-order valence-corrected chi connectivity index (χ1v) is 7.98. The van der Waals surface area contributed by atoms with E-state index in [2.05, 4.69) is 4.72 Å². The van der Waals surface area contributed by atoms with E-state index < -0.39 is 15.8 Å². The number of benzene rings is 2. The molecule has 1 atom stereocenters. The Kier molecular flexibility index (Phi) is 4.59. The van der Waals surface area contributed by atoms with Gasteiger partial charge >= 0.3 is 0 Å². The predicted molar refractivity (Wildman–Crippen MR) is 80.9 cm³/mol. The lowest BCUT2D eigenvalue weighted by atomic mass is 10.0. The van der Waals surface area contributed by atoms with Gasteiger partial charge in [0.1, 0.15) is 5.82 Å². The van der Waals surface area contributed by atoms with Gasteiger partial charge in [0.15, 0.2) is 0 Å². The van der Waals surface area contributed by atoms with Crippen molar-refractivity contribution in [1.29, 1.82) is 0 Å². The molecule has 0 bridgehead atoms. The summed E-state index contributed by atoms with van der Waals surface area (Å²) >= 11 is 0. The van der Waals surface area contributed by atoms with Crippen LogP contribution in [0.2, 0.25) is 0 Å². The molecule has 112 valence electrons. The van der Waals surface area contributed by atoms with Gasteiger partial charge < -0.3 is 5.73 Å². The minimum absolute atomic E-state index is 0.0135. The molecule has 2 aromatic carbocycles. The lowest BCUT2D eigenvalue weighted by molar-refractivity contribution is 0.572. The number of rotatable bonds is 5. The van der Waals surface area contributed by atoms with E-state index in [4.69, 9.17) is 5.73 Å². The standard InChI is InChI=1S/C15H17FN2O2S/c1-11(12-5-3-2-4-6-12)10-18-21(19,20)13-7-8-15(17)14(16)9-13/h2-9,11,18H,10,17H2,1H3. The third-order valence-electron chi connectivity index (χ3n) is 3.23. The lowest BCUT2D eigenvalue weighted by Crippen LogP contribution is -2.27. The van der Waals surface area contributed by atoms with Crippen LogP contribution in [-0.4, -0.2) is 15.0 Å². The molecular weight excluding hydrogens is 291 g/mol. The highest BCUT2D eigenvalue weighted by molar-refractivity contribution is 7.89. The molecule has 0 fully saturated rings. The van der Waals surface area contributed by atoms with Crippen molar-refractivity contribution in [3.63, 3.8) is 0 Å². The second kappa shape index (κ2) is 6.24. The molecule has 2 aromatic rings. The number of nitrogens with one attached hydrogen (secondary N) is 1. The van der Waals surface area contributed by atoms with Crippen LogP contribution < -0.4 is 10.5 Å². The first kappa shape index (κ1) is 15.5. The number of hydrogen-bond donors (Lipinski definition) is 2. The smallest absolute Gasteiger partial charge is 0.240 e. The van der Waals surface area contributed by atoms with Crippen molar-refractivity contribution in [2.45, 2.75) is 17.7 Å². The van der Waals surface area contributed by atoms with E-state index in [9.17, 15) is 12.8 Å². The van der Waals surface area contributed by atoms with E-state index in [0.29, 0.717) is 0 Å². The highest BCUT2D eigenvalue weighted by Gasteiger charge is 2.17. The summed E-state index contributed by atoms with van der Waals surface area (Å²) in [4.78, 5) is -0.130. The van der Waals surface area contributed by atoms with Crippen LogP contribution in [0.15, 0.2) is 53.4 Å². The molecule has 1 unspecified atom stereocenters. The fraction of sp³-hybridized carbons (Fsp3) is 0.200. The Labute approximate surface area is 123 Å². The Bertz CT molecular complexity index is 718. The summed E-state index contributed by atoms with van der Waals surface area (Å²) < 4.78 is 40.1. The number of nitrogen functional groups attached to an aromatic ring is 1. The summed E-state index contributed by atoms with van der Waals surface area (Å²) in [5, 5.41) is 0. The van der Waals surface area contributed by atoms with Gasteiger partial charge in [-0.05, 0) is 29.7 Å². The van der Waals surface area contributed by atoms with E-state index in [1.807, 2.05) is 37.3 Å². The van der Waals surface area contributed by atoms with Crippen molar-refractivity contribution < 1.29 is 12.8 Å². The number of hydrogen-bond acceptors (Lipinski definition) is 3. The fourth-order valence-electron chi connectivity index (χ4n) is 1.89. The zero-order valence-corrected chi connectivity index (χ0v) is 12.4. The highest BCUT2D eigenvalue weighted by atomic mass is 32.2. The normalized spacial score (nSPS) is 13.0. The van der Waals surface area contributed by atoms with Crippen molar-refractivity contribution >= 4 is 15.7 Å². The van der Waals surface area contributed by atoms with E-state index in [0.717, 1.165) is 11.6 Å². The molecule has 0 saturated carbocycles. The maximum absolute atomic E-state index is 13.4. The van der Waals surface area contributed by atoms with E-state index in [1.165, 1.54) is 12.1 Å². The molecule has 0 saturated heterocycles. The third kappa shape index (κ3) is 3.80. The Hall–Kier alpha value is -1.92. The lowest BCUT2D eigenvalue weighted by Gasteiger charge is -2.13. The first-order valence-electron chi connectivity index (χ1n) is 6.50. The molecule has 0 radical (unpaired) electrons. The van der Waals surface area contributed by atoms with Crippen molar-refractivity contribution in [1.82, 2.24) is 4.72 Å². The van der Waals surface area contributed by atoms with Crippen LogP contribution in [0.5, 0.6) is 0 Å². The van der Waals surface area contributed by atoms with Gasteiger partial charge in [-0.15, -0.1) is 0 Å². The van der Waals surface area contributed by atoms with Crippen molar-refractivity contribution in [2.24, 2.45) is 0 Å². The van der Waals surface area contributed by atoms with Crippen LogP contribution in [0.3, 0.4) is 0 Å². The van der Waals surface area contributed by atoms with Gasteiger partial charge in [-0.3, -0.25) is 0 Å². The SMILES string of the molecule is CC(CNS(=O)(=O)c1ccc(N)c(F)c1)c1ccccc1.